The Labute approximate surface area is 202 Å². The van der Waals surface area contributed by atoms with Crippen LogP contribution in [0.15, 0.2) is 46.2 Å². The molecule has 0 amide bonds. The molecular formula is C14H10Cl2MgN2O10S2. The smallest absolute Gasteiger partial charge is 0.744 e. The maximum Gasteiger partial charge on any atom is 2.00 e. The summed E-state index contributed by atoms with van der Waals surface area (Å²) >= 11 is 10.8. The van der Waals surface area contributed by atoms with Crippen LogP contribution in [0.4, 0.5) is 11.4 Å². The van der Waals surface area contributed by atoms with Crippen molar-refractivity contribution < 1.29 is 35.8 Å². The first-order valence-electron chi connectivity index (χ1n) is 7.30. The first-order valence-corrected chi connectivity index (χ1v) is 11.2. The van der Waals surface area contributed by atoms with E-state index in [1.165, 1.54) is 12.1 Å². The van der Waals surface area contributed by atoms with Crippen LogP contribution < -0.4 is 0 Å². The second-order valence-corrected chi connectivity index (χ2v) is 8.52. The molecule has 17 heteroatoms. The maximum absolute atomic E-state index is 10.7. The maximum atomic E-state index is 10.7. The Kier molecular flexibility index (Phi) is 11.3. The molecule has 12 nitrogen and oxygen atoms in total. The number of nitro benzene ring substituents is 2. The fourth-order valence-electron chi connectivity index (χ4n) is 2.00. The van der Waals surface area contributed by atoms with Crippen molar-refractivity contribution in [3.05, 3.63) is 67.8 Å². The van der Waals surface area contributed by atoms with Crippen LogP contribution >= 0.6 is 23.2 Å². The summed E-state index contributed by atoms with van der Waals surface area (Å²) in [5, 5.41) is 21.0. The number of nitro groups is 2. The number of benzene rings is 2. The second-order valence-electron chi connectivity index (χ2n) is 5.29. The SMILES string of the molecule is O=[N+]([O-])c1cc(CCl)ccc1S(=O)(=O)[O-].O=[N+]([O-])c1cc(CCl)ccc1S(=O)(=O)[O-].[Mg+2]. The molecule has 0 heterocycles. The summed E-state index contributed by atoms with van der Waals surface area (Å²) in [5.74, 6) is 0.0000491. The quantitative estimate of drug-likeness (QED) is 0.177. The molecule has 2 rings (SSSR count). The zero-order chi connectivity index (χ0) is 23.3. The third-order valence-corrected chi connectivity index (χ3v) is 5.67. The molecule has 0 aromatic heterocycles. The molecular weight excluding hydrogens is 516 g/mol. The van der Waals surface area contributed by atoms with Gasteiger partial charge in [0.2, 0.25) is 0 Å². The van der Waals surface area contributed by atoms with Crippen LogP contribution in [0, 0.1) is 20.2 Å². The summed E-state index contributed by atoms with van der Waals surface area (Å²) in [7, 11) is -9.68. The first kappa shape index (κ1) is 29.4. The third-order valence-electron chi connectivity index (χ3n) is 3.29. The van der Waals surface area contributed by atoms with Gasteiger partial charge in [0.25, 0.3) is 11.4 Å². The zero-order valence-corrected chi connectivity index (χ0v) is 19.7. The topological polar surface area (TPSA) is 201 Å². The summed E-state index contributed by atoms with van der Waals surface area (Å²) < 4.78 is 64.0. The van der Waals surface area contributed by atoms with Gasteiger partial charge in [-0.25, -0.2) is 16.8 Å². The summed E-state index contributed by atoms with van der Waals surface area (Å²) in [6.45, 7) is 0. The van der Waals surface area contributed by atoms with E-state index in [0.29, 0.717) is 11.1 Å². The molecule has 0 aliphatic carbocycles. The fraction of sp³-hybridized carbons (Fsp3) is 0.143. The van der Waals surface area contributed by atoms with Gasteiger partial charge in [-0.05, 0) is 23.3 Å². The van der Waals surface area contributed by atoms with Gasteiger partial charge in [-0.15, -0.1) is 23.2 Å². The van der Waals surface area contributed by atoms with Gasteiger partial charge in [0.05, 0.1) is 9.85 Å². The van der Waals surface area contributed by atoms with Gasteiger partial charge in [0, 0.05) is 23.9 Å². The number of hydrogen-bond acceptors (Lipinski definition) is 10. The van der Waals surface area contributed by atoms with E-state index in [2.05, 4.69) is 0 Å². The van der Waals surface area contributed by atoms with Gasteiger partial charge in [-0.1, -0.05) is 12.1 Å². The summed E-state index contributed by atoms with van der Waals surface area (Å²) in [6, 6.07) is 6.22. The van der Waals surface area contributed by atoms with E-state index in [1.54, 1.807) is 0 Å². The van der Waals surface area contributed by atoms with E-state index in [4.69, 9.17) is 23.2 Å². The van der Waals surface area contributed by atoms with Crippen molar-refractivity contribution in [3.63, 3.8) is 0 Å². The monoisotopic (exact) mass is 524 g/mol. The second kappa shape index (κ2) is 11.9. The molecule has 2 aromatic carbocycles. The molecule has 0 aliphatic rings. The normalized spacial score (nSPS) is 11.0. The van der Waals surface area contributed by atoms with Crippen LogP contribution in [0.5, 0.6) is 0 Å². The van der Waals surface area contributed by atoms with E-state index in [1.807, 2.05) is 0 Å². The van der Waals surface area contributed by atoms with Gasteiger partial charge in [-0.3, -0.25) is 20.2 Å². The Morgan fingerprint density at radius 3 is 1.19 bits per heavy atom. The van der Waals surface area contributed by atoms with Crippen LogP contribution in [0.25, 0.3) is 0 Å². The minimum absolute atomic E-state index is 0. The number of nitrogens with zero attached hydrogens (tertiary/aromatic N) is 2. The van der Waals surface area contributed by atoms with Crippen LogP contribution in [-0.2, 0) is 32.0 Å². The van der Waals surface area contributed by atoms with E-state index in [-0.39, 0.29) is 34.8 Å². The number of halogens is 2. The van der Waals surface area contributed by atoms with Crippen molar-refractivity contribution >= 4 is 77.9 Å². The van der Waals surface area contributed by atoms with E-state index >= 15 is 0 Å². The third kappa shape index (κ3) is 8.45. The molecule has 0 fully saturated rings. The number of rotatable bonds is 6. The van der Waals surface area contributed by atoms with Crippen LogP contribution in [0.3, 0.4) is 0 Å². The summed E-state index contributed by atoms with van der Waals surface area (Å²) in [5.41, 5.74) is -0.752. The minimum Gasteiger partial charge on any atom is -0.744 e. The van der Waals surface area contributed by atoms with Crippen LogP contribution in [0.2, 0.25) is 0 Å². The fourth-order valence-corrected chi connectivity index (χ4v) is 3.58. The molecule has 0 atom stereocenters. The van der Waals surface area contributed by atoms with Crippen LogP contribution in [0.1, 0.15) is 11.1 Å². The Balaban J connectivity index is 0.000000562. The number of hydrogen-bond donors (Lipinski definition) is 0. The molecule has 0 bridgehead atoms. The van der Waals surface area contributed by atoms with Crippen molar-refractivity contribution in [1.29, 1.82) is 0 Å². The summed E-state index contributed by atoms with van der Waals surface area (Å²) in [4.78, 5) is 17.4. The van der Waals surface area contributed by atoms with Gasteiger partial charge in [-0.2, -0.15) is 0 Å². The molecule has 164 valence electrons. The van der Waals surface area contributed by atoms with Crippen molar-refractivity contribution in [2.75, 3.05) is 0 Å². The Morgan fingerprint density at radius 2 is 1.00 bits per heavy atom. The molecule has 0 saturated carbocycles. The number of alkyl halides is 2. The van der Waals surface area contributed by atoms with Gasteiger partial charge in [0.1, 0.15) is 30.0 Å². The molecule has 31 heavy (non-hydrogen) atoms. The largest absolute Gasteiger partial charge is 2.00 e. The predicted octanol–water partition coefficient (Wildman–Crippen LogP) is 2.09. The Morgan fingerprint density at radius 1 is 0.710 bits per heavy atom. The minimum atomic E-state index is -4.84. The zero-order valence-electron chi connectivity index (χ0n) is 15.1. The van der Waals surface area contributed by atoms with Crippen molar-refractivity contribution in [3.8, 4) is 0 Å². The molecule has 0 saturated heterocycles. The molecule has 2 aromatic rings. The molecule has 0 unspecified atom stereocenters. The van der Waals surface area contributed by atoms with Crippen molar-refractivity contribution in [2.24, 2.45) is 0 Å². The molecule has 0 aliphatic heterocycles. The standard InChI is InChI=1S/2C7H6ClNO5S.Mg/c2*8-4-5-1-2-7(15(12,13)14)6(3-5)9(10)11;/h2*1-3H,4H2,(H,12,13,14);/q;;+2/p-2. The van der Waals surface area contributed by atoms with E-state index < -0.39 is 51.2 Å². The predicted molar refractivity (Wildman–Crippen MR) is 107 cm³/mol. The van der Waals surface area contributed by atoms with Gasteiger partial charge in [0.15, 0.2) is 0 Å². The van der Waals surface area contributed by atoms with E-state index in [0.717, 1.165) is 24.3 Å². The van der Waals surface area contributed by atoms with Crippen molar-refractivity contribution in [1.82, 2.24) is 0 Å². The summed E-state index contributed by atoms with van der Waals surface area (Å²) in [6.07, 6.45) is 0. The van der Waals surface area contributed by atoms with Crippen LogP contribution in [-0.4, -0.2) is 58.8 Å². The molecule has 0 spiro atoms. The van der Waals surface area contributed by atoms with Gasteiger partial charge >= 0.3 is 23.1 Å². The van der Waals surface area contributed by atoms with E-state index in [9.17, 15) is 46.2 Å². The average molecular weight is 526 g/mol. The molecule has 0 radical (unpaired) electrons. The average Bonchev–Trinajstić information content (AvgIpc) is 2.65. The van der Waals surface area contributed by atoms with Gasteiger partial charge < -0.3 is 9.11 Å². The first-order chi connectivity index (χ1) is 13.7. The van der Waals surface area contributed by atoms with Crippen molar-refractivity contribution in [2.45, 2.75) is 21.6 Å². The Hall–Kier alpha value is -1.59. The Bertz CT molecular complexity index is 1100. The molecule has 0 N–H and O–H groups in total.